The van der Waals surface area contributed by atoms with Crippen molar-refractivity contribution in [2.24, 2.45) is 0 Å². The fraction of sp³-hybridized carbons (Fsp3) is 0.500. The largest absolute Gasteiger partial charge is 0.391 e. The maximum Gasteiger partial charge on any atom is 0.0851 e. The Hall–Kier alpha value is -0.800. The maximum atomic E-state index is 9.42. The number of aromatic nitrogens is 1. The van der Waals surface area contributed by atoms with Crippen LogP contribution in [0.4, 0.5) is 5.69 Å². The Labute approximate surface area is 88.3 Å². The molecule has 1 aliphatic heterocycles. The highest BCUT2D eigenvalue weighted by Crippen LogP contribution is 2.29. The number of anilines is 1. The summed E-state index contributed by atoms with van der Waals surface area (Å²) in [6.45, 7) is 3.42. The predicted molar refractivity (Wildman–Crippen MR) is 56.8 cm³/mol. The third-order valence-corrected chi connectivity index (χ3v) is 3.01. The lowest BCUT2D eigenvalue weighted by Gasteiger charge is -2.19. The normalized spacial score (nSPS) is 21.6. The molecular weight excluding hydrogens is 200 g/mol. The van der Waals surface area contributed by atoms with Crippen molar-refractivity contribution in [3.63, 3.8) is 0 Å². The number of aliphatic hydroxyl groups excluding tert-OH is 1. The van der Waals surface area contributed by atoms with E-state index in [2.05, 4.69) is 9.88 Å². The summed E-state index contributed by atoms with van der Waals surface area (Å²) >= 11 is 6.14. The van der Waals surface area contributed by atoms with Crippen molar-refractivity contribution < 1.29 is 5.11 Å². The number of β-amino-alcohol motifs (C(OH)–C–C–N with tert-alkyl or cyclic N) is 1. The van der Waals surface area contributed by atoms with Crippen LogP contribution in [0, 0.1) is 6.92 Å². The molecule has 1 aliphatic rings. The van der Waals surface area contributed by atoms with Gasteiger partial charge in [0.1, 0.15) is 0 Å². The molecule has 0 aliphatic carbocycles. The number of hydrogen-bond acceptors (Lipinski definition) is 3. The average molecular weight is 213 g/mol. The SMILES string of the molecule is Cc1nccc(N2CCC(O)C2)c1Cl. The lowest BCUT2D eigenvalue weighted by atomic mass is 10.3. The number of rotatable bonds is 1. The van der Waals surface area contributed by atoms with E-state index in [9.17, 15) is 5.11 Å². The highest BCUT2D eigenvalue weighted by Gasteiger charge is 2.22. The number of pyridine rings is 1. The van der Waals surface area contributed by atoms with Crippen LogP contribution in [0.1, 0.15) is 12.1 Å². The van der Waals surface area contributed by atoms with Crippen LogP contribution in [-0.2, 0) is 0 Å². The second-order valence-corrected chi connectivity index (χ2v) is 4.00. The van der Waals surface area contributed by atoms with E-state index in [0.29, 0.717) is 11.6 Å². The van der Waals surface area contributed by atoms with Crippen LogP contribution in [0.3, 0.4) is 0 Å². The number of hydrogen-bond donors (Lipinski definition) is 1. The van der Waals surface area contributed by atoms with E-state index in [1.165, 1.54) is 0 Å². The lowest BCUT2D eigenvalue weighted by Crippen LogP contribution is -2.21. The van der Waals surface area contributed by atoms with Crippen molar-refractivity contribution in [2.75, 3.05) is 18.0 Å². The highest BCUT2D eigenvalue weighted by molar-refractivity contribution is 6.33. The van der Waals surface area contributed by atoms with Crippen LogP contribution < -0.4 is 4.90 Å². The molecule has 1 unspecified atom stereocenters. The monoisotopic (exact) mass is 212 g/mol. The summed E-state index contributed by atoms with van der Waals surface area (Å²) in [6, 6.07) is 1.90. The molecule has 14 heavy (non-hydrogen) atoms. The minimum absolute atomic E-state index is 0.223. The Morgan fingerprint density at radius 2 is 2.43 bits per heavy atom. The van der Waals surface area contributed by atoms with Gasteiger partial charge in [0.25, 0.3) is 0 Å². The second-order valence-electron chi connectivity index (χ2n) is 3.62. The maximum absolute atomic E-state index is 9.42. The molecule has 1 N–H and O–H groups in total. The molecule has 0 spiro atoms. The first-order valence-electron chi connectivity index (χ1n) is 4.72. The van der Waals surface area contributed by atoms with E-state index in [1.54, 1.807) is 6.20 Å². The van der Waals surface area contributed by atoms with E-state index < -0.39 is 0 Å². The fourth-order valence-corrected chi connectivity index (χ4v) is 1.97. The van der Waals surface area contributed by atoms with Crippen LogP contribution in [0.2, 0.25) is 5.02 Å². The number of aliphatic hydroxyl groups is 1. The predicted octanol–water partition coefficient (Wildman–Crippen LogP) is 1.61. The van der Waals surface area contributed by atoms with Crippen molar-refractivity contribution in [3.05, 3.63) is 23.0 Å². The molecule has 0 radical (unpaired) electrons. The topological polar surface area (TPSA) is 36.4 Å². The lowest BCUT2D eigenvalue weighted by molar-refractivity contribution is 0.198. The van der Waals surface area contributed by atoms with Crippen molar-refractivity contribution in [3.8, 4) is 0 Å². The van der Waals surface area contributed by atoms with Gasteiger partial charge in [-0.15, -0.1) is 0 Å². The van der Waals surface area contributed by atoms with Crippen LogP contribution in [0.5, 0.6) is 0 Å². The van der Waals surface area contributed by atoms with Gasteiger partial charge in [-0.05, 0) is 19.4 Å². The first-order chi connectivity index (χ1) is 6.68. The molecule has 0 amide bonds. The molecule has 1 saturated heterocycles. The Kier molecular flexibility index (Phi) is 2.61. The van der Waals surface area contributed by atoms with Gasteiger partial charge in [0.15, 0.2) is 0 Å². The van der Waals surface area contributed by atoms with Gasteiger partial charge in [0.05, 0.1) is 22.5 Å². The molecule has 0 aromatic carbocycles. The number of halogens is 1. The first-order valence-corrected chi connectivity index (χ1v) is 5.10. The van der Waals surface area contributed by atoms with Gasteiger partial charge in [0, 0.05) is 19.3 Å². The Morgan fingerprint density at radius 1 is 1.64 bits per heavy atom. The van der Waals surface area contributed by atoms with Crippen molar-refractivity contribution in [1.82, 2.24) is 4.98 Å². The average Bonchev–Trinajstić information content (AvgIpc) is 2.57. The van der Waals surface area contributed by atoms with E-state index in [1.807, 2.05) is 13.0 Å². The molecule has 2 rings (SSSR count). The molecule has 3 nitrogen and oxygen atoms in total. The van der Waals surface area contributed by atoms with Gasteiger partial charge >= 0.3 is 0 Å². The molecule has 76 valence electrons. The molecule has 1 atom stereocenters. The molecule has 1 fully saturated rings. The van der Waals surface area contributed by atoms with Crippen LogP contribution in [-0.4, -0.2) is 29.3 Å². The van der Waals surface area contributed by atoms with E-state index in [-0.39, 0.29) is 6.10 Å². The third-order valence-electron chi connectivity index (χ3n) is 2.55. The Balaban J connectivity index is 2.28. The minimum Gasteiger partial charge on any atom is -0.391 e. The third kappa shape index (κ3) is 1.70. The zero-order valence-electron chi connectivity index (χ0n) is 8.07. The molecule has 0 bridgehead atoms. The highest BCUT2D eigenvalue weighted by atomic mass is 35.5. The van der Waals surface area contributed by atoms with E-state index in [4.69, 9.17) is 11.6 Å². The van der Waals surface area contributed by atoms with Crippen LogP contribution in [0.15, 0.2) is 12.3 Å². The number of aryl methyl sites for hydroxylation is 1. The standard InChI is InChI=1S/C10H13ClN2O/c1-7-10(11)9(2-4-12-7)13-5-3-8(14)6-13/h2,4,8,14H,3,5-6H2,1H3. The first kappa shape index (κ1) is 9.74. The van der Waals surface area contributed by atoms with Crippen molar-refractivity contribution in [2.45, 2.75) is 19.4 Å². The summed E-state index contributed by atoms with van der Waals surface area (Å²) in [5.74, 6) is 0. The van der Waals surface area contributed by atoms with E-state index in [0.717, 1.165) is 24.3 Å². The van der Waals surface area contributed by atoms with Gasteiger partial charge in [-0.3, -0.25) is 4.98 Å². The minimum atomic E-state index is -0.223. The van der Waals surface area contributed by atoms with E-state index >= 15 is 0 Å². The second kappa shape index (κ2) is 3.75. The zero-order valence-corrected chi connectivity index (χ0v) is 8.83. The van der Waals surface area contributed by atoms with Gasteiger partial charge in [-0.1, -0.05) is 11.6 Å². The van der Waals surface area contributed by atoms with Crippen molar-refractivity contribution in [1.29, 1.82) is 0 Å². The van der Waals surface area contributed by atoms with Gasteiger partial charge in [-0.2, -0.15) is 0 Å². The summed E-state index contributed by atoms with van der Waals surface area (Å²) < 4.78 is 0. The molecule has 1 aromatic heterocycles. The molecule has 1 aromatic rings. The van der Waals surface area contributed by atoms with Gasteiger partial charge < -0.3 is 10.0 Å². The Morgan fingerprint density at radius 3 is 3.07 bits per heavy atom. The van der Waals surface area contributed by atoms with Crippen LogP contribution in [0.25, 0.3) is 0 Å². The van der Waals surface area contributed by atoms with Gasteiger partial charge in [0.2, 0.25) is 0 Å². The number of nitrogens with zero attached hydrogens (tertiary/aromatic N) is 2. The summed E-state index contributed by atoms with van der Waals surface area (Å²) in [5.41, 5.74) is 1.82. The molecule has 0 saturated carbocycles. The smallest absolute Gasteiger partial charge is 0.0851 e. The van der Waals surface area contributed by atoms with Crippen LogP contribution >= 0.6 is 11.6 Å². The summed E-state index contributed by atoms with van der Waals surface area (Å²) in [4.78, 5) is 6.21. The molecular formula is C10H13ClN2O. The quantitative estimate of drug-likeness (QED) is 0.769. The summed E-state index contributed by atoms with van der Waals surface area (Å²) in [7, 11) is 0. The zero-order chi connectivity index (χ0) is 10.1. The van der Waals surface area contributed by atoms with Crippen molar-refractivity contribution >= 4 is 17.3 Å². The Bertz CT molecular complexity index is 343. The fourth-order valence-electron chi connectivity index (χ4n) is 1.74. The molecule has 4 heteroatoms. The molecule has 2 heterocycles. The summed E-state index contributed by atoms with van der Waals surface area (Å²) in [5, 5.41) is 10.1. The summed E-state index contributed by atoms with van der Waals surface area (Å²) in [6.07, 6.45) is 2.35. The van der Waals surface area contributed by atoms with Gasteiger partial charge in [-0.25, -0.2) is 0 Å².